The molecule has 0 fully saturated rings. The third-order valence-corrected chi connectivity index (χ3v) is 5.59. The zero-order valence-corrected chi connectivity index (χ0v) is 16.3. The number of nitro benzene ring substituents is 1. The Hall–Kier alpha value is -2.06. The van der Waals surface area contributed by atoms with Crippen molar-refractivity contribution in [3.05, 3.63) is 68.2 Å². The van der Waals surface area contributed by atoms with E-state index in [4.69, 9.17) is 0 Å². The Morgan fingerprint density at radius 3 is 2.36 bits per heavy atom. The number of nitro groups is 1. The fraction of sp³-hybridized carbons (Fsp3) is 0.235. The fourth-order valence-corrected chi connectivity index (χ4v) is 3.24. The molecule has 1 amide bonds. The Morgan fingerprint density at radius 2 is 1.84 bits per heavy atom. The first-order chi connectivity index (χ1) is 11.7. The summed E-state index contributed by atoms with van der Waals surface area (Å²) in [7, 11) is 0.588. The van der Waals surface area contributed by atoms with E-state index in [1.165, 1.54) is 17.0 Å². The van der Waals surface area contributed by atoms with Crippen LogP contribution in [0.5, 0.6) is 0 Å². The summed E-state index contributed by atoms with van der Waals surface area (Å²) < 4.78 is 11.8. The minimum atomic E-state index is -1.06. The van der Waals surface area contributed by atoms with Crippen molar-refractivity contribution >= 4 is 38.3 Å². The van der Waals surface area contributed by atoms with Gasteiger partial charge in [-0.1, -0.05) is 12.1 Å². The summed E-state index contributed by atoms with van der Waals surface area (Å²) >= 11 is 3.11. The minimum Gasteiger partial charge on any atom is -0.335 e. The van der Waals surface area contributed by atoms with Crippen molar-refractivity contribution in [3.8, 4) is 0 Å². The molecule has 0 heterocycles. The molecule has 132 valence electrons. The van der Waals surface area contributed by atoms with Crippen LogP contribution in [0.3, 0.4) is 0 Å². The molecule has 0 N–H and O–H groups in total. The number of amides is 1. The lowest BCUT2D eigenvalue weighted by atomic mass is 10.1. The Balaban J connectivity index is 2.25. The molecule has 2 aromatic rings. The van der Waals surface area contributed by atoms with Crippen LogP contribution in [-0.4, -0.2) is 33.2 Å². The summed E-state index contributed by atoms with van der Waals surface area (Å²) in [4.78, 5) is 25.4. The molecule has 0 radical (unpaired) electrons. The maximum Gasteiger partial charge on any atom is 0.284 e. The fourth-order valence-electron chi connectivity index (χ4n) is 2.33. The van der Waals surface area contributed by atoms with Gasteiger partial charge in [-0.15, -0.1) is 0 Å². The van der Waals surface area contributed by atoms with Crippen LogP contribution in [0.2, 0.25) is 0 Å². The first kappa shape index (κ1) is 19.3. The smallest absolute Gasteiger partial charge is 0.284 e. The second-order valence-electron chi connectivity index (χ2n) is 5.54. The molecule has 0 aliphatic carbocycles. The van der Waals surface area contributed by atoms with Crippen LogP contribution in [0, 0.1) is 10.1 Å². The first-order valence-electron chi connectivity index (χ1n) is 7.37. The number of carbonyl (C=O) groups excluding carboxylic acids is 1. The maximum absolute atomic E-state index is 12.7. The zero-order chi connectivity index (χ0) is 18.7. The van der Waals surface area contributed by atoms with E-state index in [0.717, 1.165) is 5.56 Å². The second-order valence-corrected chi connectivity index (χ2v) is 7.77. The van der Waals surface area contributed by atoms with Crippen LogP contribution in [0.4, 0.5) is 5.69 Å². The maximum atomic E-state index is 12.7. The topological polar surface area (TPSA) is 80.5 Å². The Bertz CT molecular complexity index is 839. The summed E-state index contributed by atoms with van der Waals surface area (Å²) in [6.45, 7) is 1.86. The van der Waals surface area contributed by atoms with Gasteiger partial charge in [0.25, 0.3) is 11.6 Å². The summed E-state index contributed by atoms with van der Waals surface area (Å²) in [5.41, 5.74) is 0.980. The van der Waals surface area contributed by atoms with E-state index < -0.39 is 15.7 Å². The van der Waals surface area contributed by atoms with E-state index in [1.807, 2.05) is 19.1 Å². The number of hydrogen-bond acceptors (Lipinski definition) is 4. The number of nitrogens with zero attached hydrogens (tertiary/aromatic N) is 2. The lowest BCUT2D eigenvalue weighted by Crippen LogP contribution is -2.29. The number of benzene rings is 2. The molecule has 0 aliphatic rings. The molecule has 0 saturated carbocycles. The highest BCUT2D eigenvalue weighted by Gasteiger charge is 2.22. The van der Waals surface area contributed by atoms with Crippen molar-refractivity contribution in [2.24, 2.45) is 0 Å². The molecule has 0 saturated heterocycles. The molecule has 2 aromatic carbocycles. The van der Waals surface area contributed by atoms with E-state index in [9.17, 15) is 19.1 Å². The largest absolute Gasteiger partial charge is 0.335 e. The number of halogens is 1. The number of carbonyl (C=O) groups is 1. The van der Waals surface area contributed by atoms with E-state index in [1.54, 1.807) is 31.5 Å². The number of hydrogen-bond donors (Lipinski definition) is 0. The van der Waals surface area contributed by atoms with Gasteiger partial charge in [-0.25, -0.2) is 0 Å². The third kappa shape index (κ3) is 4.32. The average Bonchev–Trinajstić information content (AvgIpc) is 2.60. The molecule has 6 nitrogen and oxygen atoms in total. The van der Waals surface area contributed by atoms with Gasteiger partial charge in [0.2, 0.25) is 0 Å². The van der Waals surface area contributed by atoms with E-state index in [0.29, 0.717) is 9.37 Å². The summed E-state index contributed by atoms with van der Waals surface area (Å²) in [6.07, 6.45) is 1.61. The van der Waals surface area contributed by atoms with Crippen molar-refractivity contribution in [2.75, 3.05) is 13.3 Å². The van der Waals surface area contributed by atoms with Crippen molar-refractivity contribution in [1.82, 2.24) is 4.90 Å². The monoisotopic (exact) mass is 424 g/mol. The number of rotatable bonds is 5. The molecule has 2 rings (SSSR count). The normalized spacial score (nSPS) is 13.1. The van der Waals surface area contributed by atoms with E-state index in [-0.39, 0.29) is 23.2 Å². The lowest BCUT2D eigenvalue weighted by molar-refractivity contribution is -0.385. The van der Waals surface area contributed by atoms with Gasteiger partial charge in [-0.3, -0.25) is 19.1 Å². The van der Waals surface area contributed by atoms with Crippen molar-refractivity contribution in [1.29, 1.82) is 0 Å². The van der Waals surface area contributed by atoms with Gasteiger partial charge in [0, 0.05) is 40.6 Å². The van der Waals surface area contributed by atoms with Crippen molar-refractivity contribution in [3.63, 3.8) is 0 Å². The van der Waals surface area contributed by atoms with Crippen molar-refractivity contribution in [2.45, 2.75) is 17.9 Å². The van der Waals surface area contributed by atoms with Crippen LogP contribution in [-0.2, 0) is 10.8 Å². The summed E-state index contributed by atoms with van der Waals surface area (Å²) in [5, 5.41) is 11.0. The van der Waals surface area contributed by atoms with E-state index >= 15 is 0 Å². The second kappa shape index (κ2) is 7.88. The zero-order valence-electron chi connectivity index (χ0n) is 13.9. The van der Waals surface area contributed by atoms with Gasteiger partial charge < -0.3 is 4.90 Å². The molecular weight excluding hydrogens is 408 g/mol. The minimum absolute atomic E-state index is 0.151. The van der Waals surface area contributed by atoms with Crippen LogP contribution >= 0.6 is 15.9 Å². The summed E-state index contributed by atoms with van der Waals surface area (Å²) in [5.74, 6) is -0.314. The Morgan fingerprint density at radius 1 is 1.24 bits per heavy atom. The predicted octanol–water partition coefficient (Wildman–Crippen LogP) is 3.93. The SMILES string of the molecule is C[C@@H](c1ccc([S@@](C)=O)cc1)N(C)C(=O)c1ccc(Br)c([N+](=O)[O-])c1. The molecule has 0 unspecified atom stereocenters. The van der Waals surface area contributed by atoms with Gasteiger partial charge in [0.15, 0.2) is 0 Å². The Labute approximate surface area is 156 Å². The highest BCUT2D eigenvalue weighted by molar-refractivity contribution is 9.10. The summed E-state index contributed by atoms with van der Waals surface area (Å²) in [6, 6.07) is 11.3. The first-order valence-corrected chi connectivity index (χ1v) is 9.72. The molecule has 0 aliphatic heterocycles. The Kier molecular flexibility index (Phi) is 6.07. The van der Waals surface area contributed by atoms with Crippen LogP contribution in [0.1, 0.15) is 28.9 Å². The molecule has 25 heavy (non-hydrogen) atoms. The predicted molar refractivity (Wildman–Crippen MR) is 100 cm³/mol. The third-order valence-electron chi connectivity index (χ3n) is 3.99. The highest BCUT2D eigenvalue weighted by Crippen LogP contribution is 2.28. The quantitative estimate of drug-likeness (QED) is 0.537. The van der Waals surface area contributed by atoms with Crippen molar-refractivity contribution < 1.29 is 13.9 Å². The molecular formula is C17H17BrN2O4S. The van der Waals surface area contributed by atoms with Gasteiger partial charge in [0.1, 0.15) is 0 Å². The standard InChI is InChI=1S/C17H17BrN2O4S/c1-11(12-4-7-14(8-5-12)25(3)24)19(2)17(21)13-6-9-15(18)16(10-13)20(22)23/h4-11H,1-3H3/t11-,25+/m0/s1. The molecule has 0 spiro atoms. The molecule has 2 atom stereocenters. The molecule has 0 aromatic heterocycles. The van der Waals surface area contributed by atoms with Crippen LogP contribution in [0.25, 0.3) is 0 Å². The van der Waals surface area contributed by atoms with Gasteiger partial charge >= 0.3 is 0 Å². The lowest BCUT2D eigenvalue weighted by Gasteiger charge is -2.25. The van der Waals surface area contributed by atoms with E-state index in [2.05, 4.69) is 15.9 Å². The average molecular weight is 425 g/mol. The highest BCUT2D eigenvalue weighted by atomic mass is 79.9. The van der Waals surface area contributed by atoms with Gasteiger partial charge in [-0.2, -0.15) is 0 Å². The van der Waals surface area contributed by atoms with Gasteiger partial charge in [0.05, 0.1) is 15.4 Å². The molecule has 8 heteroatoms. The molecule has 0 bridgehead atoms. The van der Waals surface area contributed by atoms with Crippen LogP contribution in [0.15, 0.2) is 51.8 Å². The van der Waals surface area contributed by atoms with Crippen LogP contribution < -0.4 is 0 Å². The van der Waals surface area contributed by atoms with Gasteiger partial charge in [-0.05, 0) is 52.7 Å².